The van der Waals surface area contributed by atoms with Crippen molar-refractivity contribution >= 4 is 11.4 Å². The lowest BCUT2D eigenvalue weighted by atomic mass is 10.2. The average molecular weight is 206 g/mol. The van der Waals surface area contributed by atoms with Crippen LogP contribution in [0.25, 0.3) is 5.69 Å². The summed E-state index contributed by atoms with van der Waals surface area (Å²) < 4.78 is 1.31. The molecule has 2 N–H and O–H groups in total. The van der Waals surface area contributed by atoms with Crippen molar-refractivity contribution in [2.45, 2.75) is 0 Å². The summed E-state index contributed by atoms with van der Waals surface area (Å²) in [6.07, 6.45) is 1.34. The average Bonchev–Trinajstić information content (AvgIpc) is 2.71. The third-order valence-corrected chi connectivity index (χ3v) is 1.82. The van der Waals surface area contributed by atoms with Crippen molar-refractivity contribution in [3.8, 4) is 5.69 Å². The van der Waals surface area contributed by atoms with E-state index in [0.717, 1.165) is 0 Å². The van der Waals surface area contributed by atoms with Crippen LogP contribution in [0.5, 0.6) is 0 Å². The van der Waals surface area contributed by atoms with Crippen molar-refractivity contribution in [2.75, 3.05) is 5.73 Å². The predicted octanol–water partition coefficient (Wildman–Crippen LogP) is 0.153. The van der Waals surface area contributed by atoms with Crippen LogP contribution in [0.1, 0.15) is 0 Å². The van der Waals surface area contributed by atoms with Gasteiger partial charge in [0.15, 0.2) is 0 Å². The first kappa shape index (κ1) is 9.06. The largest absolute Gasteiger partial charge is 0.393 e. The van der Waals surface area contributed by atoms with Crippen LogP contribution in [0.4, 0.5) is 11.4 Å². The molecule has 1 aromatic heterocycles. The Morgan fingerprint density at radius 2 is 2.27 bits per heavy atom. The Kier molecular flexibility index (Phi) is 2.01. The molecule has 15 heavy (non-hydrogen) atoms. The lowest BCUT2D eigenvalue weighted by Crippen LogP contribution is -2.00. The van der Waals surface area contributed by atoms with E-state index in [1.807, 2.05) is 0 Å². The highest BCUT2D eigenvalue weighted by atomic mass is 16.6. The number of nitro benzene ring substituents is 1. The standard InChI is InChI=1S/C7H6N6O2/c8-6-2-1-5(3-7(6)13(14)15)12-4-9-10-11-12/h1-4H,8H2. The van der Waals surface area contributed by atoms with E-state index >= 15 is 0 Å². The highest BCUT2D eigenvalue weighted by molar-refractivity contribution is 5.61. The number of nitro groups is 1. The topological polar surface area (TPSA) is 113 Å². The molecule has 0 fully saturated rings. The Morgan fingerprint density at radius 3 is 2.87 bits per heavy atom. The number of tetrazole rings is 1. The monoisotopic (exact) mass is 206 g/mol. The van der Waals surface area contributed by atoms with E-state index in [9.17, 15) is 10.1 Å². The fourth-order valence-corrected chi connectivity index (χ4v) is 1.11. The van der Waals surface area contributed by atoms with Crippen LogP contribution >= 0.6 is 0 Å². The van der Waals surface area contributed by atoms with E-state index in [1.165, 1.54) is 23.1 Å². The summed E-state index contributed by atoms with van der Waals surface area (Å²) in [5, 5.41) is 21.1. The van der Waals surface area contributed by atoms with Crippen LogP contribution in [0, 0.1) is 10.1 Å². The number of rotatable bonds is 2. The molecule has 0 atom stereocenters. The molecule has 0 aliphatic carbocycles. The molecule has 0 unspecified atom stereocenters. The third kappa shape index (κ3) is 1.59. The maximum Gasteiger partial charge on any atom is 0.294 e. The second-order valence-corrected chi connectivity index (χ2v) is 2.75. The van der Waals surface area contributed by atoms with Gasteiger partial charge in [0, 0.05) is 6.07 Å². The molecule has 0 bridgehead atoms. The number of hydrogen-bond acceptors (Lipinski definition) is 6. The first-order valence-electron chi connectivity index (χ1n) is 3.96. The summed E-state index contributed by atoms with van der Waals surface area (Å²) in [5.41, 5.74) is 5.87. The zero-order valence-corrected chi connectivity index (χ0v) is 7.44. The quantitative estimate of drug-likeness (QED) is 0.425. The van der Waals surface area contributed by atoms with Gasteiger partial charge in [-0.3, -0.25) is 10.1 Å². The van der Waals surface area contributed by atoms with Gasteiger partial charge in [-0.2, -0.15) is 0 Å². The van der Waals surface area contributed by atoms with Crippen LogP contribution in [0.3, 0.4) is 0 Å². The fourth-order valence-electron chi connectivity index (χ4n) is 1.11. The number of hydrogen-bond donors (Lipinski definition) is 1. The third-order valence-electron chi connectivity index (χ3n) is 1.82. The summed E-state index contributed by atoms with van der Waals surface area (Å²) in [6, 6.07) is 4.35. The summed E-state index contributed by atoms with van der Waals surface area (Å²) in [7, 11) is 0. The van der Waals surface area contributed by atoms with Gasteiger partial charge in [0.2, 0.25) is 0 Å². The molecule has 0 saturated heterocycles. The molecule has 0 radical (unpaired) electrons. The summed E-state index contributed by atoms with van der Waals surface area (Å²) in [5.74, 6) is 0. The highest BCUT2D eigenvalue weighted by Gasteiger charge is 2.12. The highest BCUT2D eigenvalue weighted by Crippen LogP contribution is 2.23. The Labute approximate surface area is 83.5 Å². The molecule has 2 rings (SSSR count). The van der Waals surface area contributed by atoms with Crippen LogP contribution in [-0.4, -0.2) is 25.1 Å². The van der Waals surface area contributed by atoms with Crippen LogP contribution < -0.4 is 5.73 Å². The van der Waals surface area contributed by atoms with Crippen molar-refractivity contribution in [1.29, 1.82) is 0 Å². The zero-order valence-electron chi connectivity index (χ0n) is 7.44. The van der Waals surface area contributed by atoms with Crippen LogP contribution in [0.2, 0.25) is 0 Å². The maximum atomic E-state index is 10.6. The van der Waals surface area contributed by atoms with Gasteiger partial charge in [0.05, 0.1) is 10.6 Å². The van der Waals surface area contributed by atoms with Gasteiger partial charge in [-0.1, -0.05) is 0 Å². The van der Waals surface area contributed by atoms with Crippen molar-refractivity contribution in [2.24, 2.45) is 0 Å². The zero-order chi connectivity index (χ0) is 10.8. The lowest BCUT2D eigenvalue weighted by molar-refractivity contribution is -0.383. The molecule has 1 aromatic carbocycles. The van der Waals surface area contributed by atoms with E-state index in [1.54, 1.807) is 6.07 Å². The predicted molar refractivity (Wildman–Crippen MR) is 50.2 cm³/mol. The van der Waals surface area contributed by atoms with E-state index in [4.69, 9.17) is 5.73 Å². The molecule has 1 heterocycles. The second kappa shape index (κ2) is 3.33. The molecule has 8 heteroatoms. The second-order valence-electron chi connectivity index (χ2n) is 2.75. The van der Waals surface area contributed by atoms with Gasteiger partial charge in [0.1, 0.15) is 12.0 Å². The summed E-state index contributed by atoms with van der Waals surface area (Å²) >= 11 is 0. The van der Waals surface area contributed by atoms with Crippen molar-refractivity contribution in [3.05, 3.63) is 34.6 Å². The van der Waals surface area contributed by atoms with Crippen molar-refractivity contribution < 1.29 is 4.92 Å². The van der Waals surface area contributed by atoms with Crippen molar-refractivity contribution in [1.82, 2.24) is 20.2 Å². The first-order chi connectivity index (χ1) is 7.18. The van der Waals surface area contributed by atoms with Gasteiger partial charge in [-0.05, 0) is 22.6 Å². The van der Waals surface area contributed by atoms with Gasteiger partial charge in [-0.25, -0.2) is 4.68 Å². The Morgan fingerprint density at radius 1 is 1.47 bits per heavy atom. The molecule has 0 aliphatic heterocycles. The van der Waals surface area contributed by atoms with E-state index in [-0.39, 0.29) is 11.4 Å². The minimum atomic E-state index is -0.552. The SMILES string of the molecule is Nc1ccc(-n2cnnn2)cc1[N+](=O)[O-]. The molecule has 0 aliphatic rings. The van der Waals surface area contributed by atoms with E-state index in [2.05, 4.69) is 15.5 Å². The molecule has 2 aromatic rings. The first-order valence-corrected chi connectivity index (χ1v) is 3.96. The summed E-state index contributed by atoms with van der Waals surface area (Å²) in [4.78, 5) is 10.1. The number of nitrogens with two attached hydrogens (primary N) is 1. The number of aromatic nitrogens is 4. The number of benzene rings is 1. The Balaban J connectivity index is 2.52. The van der Waals surface area contributed by atoms with Crippen LogP contribution in [-0.2, 0) is 0 Å². The summed E-state index contributed by atoms with van der Waals surface area (Å²) in [6.45, 7) is 0. The Bertz CT molecular complexity index is 494. The maximum absolute atomic E-state index is 10.6. The Hall–Kier alpha value is -2.51. The minimum absolute atomic E-state index is 0.108. The van der Waals surface area contributed by atoms with Crippen molar-refractivity contribution in [3.63, 3.8) is 0 Å². The number of anilines is 1. The normalized spacial score (nSPS) is 10.1. The number of nitrogen functional groups attached to an aromatic ring is 1. The van der Waals surface area contributed by atoms with Crippen LogP contribution in [0.15, 0.2) is 24.5 Å². The van der Waals surface area contributed by atoms with Gasteiger partial charge in [0.25, 0.3) is 5.69 Å². The fraction of sp³-hybridized carbons (Fsp3) is 0. The molecule has 8 nitrogen and oxygen atoms in total. The van der Waals surface area contributed by atoms with Gasteiger partial charge in [-0.15, -0.1) is 5.10 Å². The molecule has 0 saturated carbocycles. The smallest absolute Gasteiger partial charge is 0.294 e. The number of nitrogens with zero attached hydrogens (tertiary/aromatic N) is 5. The molecule has 76 valence electrons. The molecule has 0 amide bonds. The van der Waals surface area contributed by atoms with Gasteiger partial charge < -0.3 is 5.73 Å². The lowest BCUT2D eigenvalue weighted by Gasteiger charge is -2.00. The molecule has 0 spiro atoms. The van der Waals surface area contributed by atoms with E-state index < -0.39 is 4.92 Å². The van der Waals surface area contributed by atoms with E-state index in [0.29, 0.717) is 5.69 Å². The van der Waals surface area contributed by atoms with Gasteiger partial charge >= 0.3 is 0 Å². The minimum Gasteiger partial charge on any atom is -0.393 e. The molecular weight excluding hydrogens is 200 g/mol. The molecular formula is C7H6N6O2.